The van der Waals surface area contributed by atoms with Crippen LogP contribution in [0.25, 0.3) is 0 Å². The molecule has 1 aliphatic carbocycles. The number of hydrogen-bond acceptors (Lipinski definition) is 4. The van der Waals surface area contributed by atoms with Gasteiger partial charge in [-0.15, -0.1) is 0 Å². The lowest BCUT2D eigenvalue weighted by atomic mass is 9.82. The zero-order valence-electron chi connectivity index (χ0n) is 9.95. The maximum Gasteiger partial charge on any atom is 0.244 e. The molecule has 0 saturated heterocycles. The van der Waals surface area contributed by atoms with E-state index in [1.165, 1.54) is 11.4 Å². The summed E-state index contributed by atoms with van der Waals surface area (Å²) in [5.41, 5.74) is 0. The topological polar surface area (TPSA) is 70.5 Å². The van der Waals surface area contributed by atoms with Gasteiger partial charge < -0.3 is 5.11 Å². The minimum atomic E-state index is -3.70. The summed E-state index contributed by atoms with van der Waals surface area (Å²) >= 11 is 0. The van der Waals surface area contributed by atoms with Crippen LogP contribution >= 0.6 is 0 Å². The van der Waals surface area contributed by atoms with Crippen molar-refractivity contribution in [3.05, 3.63) is 24.3 Å². The third-order valence-corrected chi connectivity index (χ3v) is 4.90. The Bertz CT molecular complexity index is 529. The van der Waals surface area contributed by atoms with Gasteiger partial charge in [0.05, 0.1) is 12.3 Å². The zero-order valence-corrected chi connectivity index (χ0v) is 10.8. The molecule has 2 rings (SSSR count). The van der Waals surface area contributed by atoms with Gasteiger partial charge in [-0.05, 0) is 24.8 Å². The van der Waals surface area contributed by atoms with E-state index in [0.717, 1.165) is 18.5 Å². The maximum atomic E-state index is 13.0. The highest BCUT2D eigenvalue weighted by Gasteiger charge is 2.31. The minimum Gasteiger partial charge on any atom is -0.393 e. The number of rotatable bonds is 4. The van der Waals surface area contributed by atoms with Crippen LogP contribution < -0.4 is 0 Å². The molecule has 0 amide bonds. The van der Waals surface area contributed by atoms with Crippen molar-refractivity contribution in [2.75, 3.05) is 13.6 Å². The molecule has 5 nitrogen and oxygen atoms in total. The van der Waals surface area contributed by atoms with Crippen molar-refractivity contribution in [3.63, 3.8) is 0 Å². The third kappa shape index (κ3) is 2.68. The zero-order chi connectivity index (χ0) is 13.3. The van der Waals surface area contributed by atoms with Crippen LogP contribution in [0.2, 0.25) is 0 Å². The molecule has 7 heteroatoms. The molecule has 0 unspecified atom stereocenters. The third-order valence-electron chi connectivity index (χ3n) is 3.11. The molecule has 0 radical (unpaired) electrons. The van der Waals surface area contributed by atoms with Gasteiger partial charge in [-0.3, -0.25) is 4.98 Å². The molecule has 1 aliphatic rings. The molecule has 1 fully saturated rings. The second-order valence-electron chi connectivity index (χ2n) is 4.62. The van der Waals surface area contributed by atoms with E-state index < -0.39 is 15.8 Å². The molecule has 100 valence electrons. The van der Waals surface area contributed by atoms with Crippen LogP contribution in [0.4, 0.5) is 4.39 Å². The first-order valence-electron chi connectivity index (χ1n) is 5.64. The Hall–Kier alpha value is -1.05. The Labute approximate surface area is 105 Å². The molecular weight excluding hydrogens is 259 g/mol. The number of aromatic nitrogens is 1. The second-order valence-corrected chi connectivity index (χ2v) is 6.66. The number of halogens is 1. The molecule has 0 bridgehead atoms. The number of nitrogens with zero attached hydrogens (tertiary/aromatic N) is 2. The Morgan fingerprint density at radius 3 is 2.72 bits per heavy atom. The van der Waals surface area contributed by atoms with Crippen LogP contribution in [-0.2, 0) is 10.0 Å². The molecule has 0 atom stereocenters. The summed E-state index contributed by atoms with van der Waals surface area (Å²) < 4.78 is 38.4. The highest BCUT2D eigenvalue weighted by atomic mass is 32.2. The van der Waals surface area contributed by atoms with Crippen LogP contribution in [0.5, 0.6) is 0 Å². The molecule has 0 aliphatic heterocycles. The van der Waals surface area contributed by atoms with E-state index in [9.17, 15) is 12.8 Å². The lowest BCUT2D eigenvalue weighted by Gasteiger charge is -2.33. The van der Waals surface area contributed by atoms with Crippen LogP contribution in [-0.4, -0.2) is 42.5 Å². The molecule has 0 spiro atoms. The molecular formula is C11H15FN2O3S. The Kier molecular flexibility index (Phi) is 3.65. The van der Waals surface area contributed by atoms with Crippen molar-refractivity contribution in [2.24, 2.45) is 5.92 Å². The predicted octanol–water partition coefficient (Wildman–Crippen LogP) is 0.612. The van der Waals surface area contributed by atoms with Gasteiger partial charge in [-0.2, -0.15) is 0 Å². The Morgan fingerprint density at radius 1 is 1.50 bits per heavy atom. The summed E-state index contributed by atoms with van der Waals surface area (Å²) in [5.74, 6) is -0.509. The van der Waals surface area contributed by atoms with Gasteiger partial charge in [0, 0.05) is 19.8 Å². The summed E-state index contributed by atoms with van der Waals surface area (Å²) in [6, 6.07) is 0.953. The van der Waals surface area contributed by atoms with Crippen LogP contribution in [0, 0.1) is 11.7 Å². The van der Waals surface area contributed by atoms with E-state index in [1.54, 1.807) is 0 Å². The van der Waals surface area contributed by atoms with Crippen LogP contribution in [0.15, 0.2) is 23.4 Å². The standard InChI is InChI=1S/C11H15FN2O3S/c1-14(7-8-2-10(15)3-8)18(16,17)11-4-9(12)5-13-6-11/h4-6,8,10,15H,2-3,7H2,1H3. The quantitative estimate of drug-likeness (QED) is 0.873. The fourth-order valence-corrected chi connectivity index (χ4v) is 3.25. The predicted molar refractivity (Wildman–Crippen MR) is 62.7 cm³/mol. The first kappa shape index (κ1) is 13.4. The number of sulfonamides is 1. The van der Waals surface area contributed by atoms with Gasteiger partial charge in [0.2, 0.25) is 10.0 Å². The molecule has 1 aromatic rings. The van der Waals surface area contributed by atoms with Gasteiger partial charge in [-0.25, -0.2) is 17.1 Å². The van der Waals surface area contributed by atoms with Crippen molar-refractivity contribution in [1.29, 1.82) is 0 Å². The summed E-state index contributed by atoms with van der Waals surface area (Å²) in [5, 5.41) is 9.16. The van der Waals surface area contributed by atoms with Crippen molar-refractivity contribution < 1.29 is 17.9 Å². The maximum absolute atomic E-state index is 13.0. The lowest BCUT2D eigenvalue weighted by molar-refractivity contribution is 0.0367. The van der Waals surface area contributed by atoms with Gasteiger partial charge in [0.15, 0.2) is 0 Å². The van der Waals surface area contributed by atoms with Crippen molar-refractivity contribution in [2.45, 2.75) is 23.8 Å². The van der Waals surface area contributed by atoms with Crippen molar-refractivity contribution >= 4 is 10.0 Å². The summed E-state index contributed by atoms with van der Waals surface area (Å²) in [7, 11) is -2.25. The van der Waals surface area contributed by atoms with E-state index in [1.807, 2.05) is 0 Å². The first-order chi connectivity index (χ1) is 8.39. The number of aliphatic hydroxyl groups excluding tert-OH is 1. The van der Waals surface area contributed by atoms with Crippen molar-refractivity contribution in [1.82, 2.24) is 9.29 Å². The highest BCUT2D eigenvalue weighted by molar-refractivity contribution is 7.89. The first-order valence-corrected chi connectivity index (χ1v) is 7.08. The molecule has 1 N–H and O–H groups in total. The Morgan fingerprint density at radius 2 is 2.17 bits per heavy atom. The smallest absolute Gasteiger partial charge is 0.244 e. The van der Waals surface area contributed by atoms with Gasteiger partial charge in [0.25, 0.3) is 0 Å². The van der Waals surface area contributed by atoms with Gasteiger partial charge >= 0.3 is 0 Å². The average molecular weight is 274 g/mol. The number of pyridine rings is 1. The molecule has 18 heavy (non-hydrogen) atoms. The van der Waals surface area contributed by atoms with Gasteiger partial charge in [-0.1, -0.05) is 0 Å². The highest BCUT2D eigenvalue weighted by Crippen LogP contribution is 2.29. The van der Waals surface area contributed by atoms with E-state index >= 15 is 0 Å². The number of aliphatic hydroxyl groups is 1. The monoisotopic (exact) mass is 274 g/mol. The molecule has 0 aromatic carbocycles. The van der Waals surface area contributed by atoms with Crippen LogP contribution in [0.1, 0.15) is 12.8 Å². The lowest BCUT2D eigenvalue weighted by Crippen LogP contribution is -2.39. The average Bonchev–Trinajstić information content (AvgIpc) is 2.26. The normalized spacial score (nSPS) is 24.0. The minimum absolute atomic E-state index is 0.148. The second kappa shape index (κ2) is 4.91. The molecule has 1 saturated carbocycles. The van der Waals surface area contributed by atoms with E-state index in [4.69, 9.17) is 5.11 Å². The van der Waals surface area contributed by atoms with E-state index in [0.29, 0.717) is 19.4 Å². The van der Waals surface area contributed by atoms with Crippen molar-refractivity contribution in [3.8, 4) is 0 Å². The SMILES string of the molecule is CN(CC1CC(O)C1)S(=O)(=O)c1cncc(F)c1. The van der Waals surface area contributed by atoms with Crippen LogP contribution in [0.3, 0.4) is 0 Å². The summed E-state index contributed by atoms with van der Waals surface area (Å²) in [6.07, 6.45) is 3.00. The molecule has 1 aromatic heterocycles. The Balaban J connectivity index is 2.10. The summed E-state index contributed by atoms with van der Waals surface area (Å²) in [6.45, 7) is 0.329. The fourth-order valence-electron chi connectivity index (χ4n) is 2.02. The van der Waals surface area contributed by atoms with E-state index in [-0.39, 0.29) is 16.9 Å². The number of hydrogen-bond donors (Lipinski definition) is 1. The fraction of sp³-hybridized carbons (Fsp3) is 0.545. The molecule has 1 heterocycles. The van der Waals surface area contributed by atoms with E-state index in [2.05, 4.69) is 4.98 Å². The van der Waals surface area contributed by atoms with Gasteiger partial charge in [0.1, 0.15) is 10.7 Å². The summed E-state index contributed by atoms with van der Waals surface area (Å²) in [4.78, 5) is 3.39. The largest absolute Gasteiger partial charge is 0.393 e.